The normalized spacial score (nSPS) is 50.1. The van der Waals surface area contributed by atoms with Crippen LogP contribution in [0.4, 0.5) is 0 Å². The molecule has 1 saturated heterocycles. The lowest BCUT2D eigenvalue weighted by molar-refractivity contribution is -0.110. The summed E-state index contributed by atoms with van der Waals surface area (Å²) in [5.74, 6) is 0. The summed E-state index contributed by atoms with van der Waals surface area (Å²) < 4.78 is 5.30. The largest absolute Gasteiger partial charge is 0.364 e. The summed E-state index contributed by atoms with van der Waals surface area (Å²) in [5, 5.41) is 0. The van der Waals surface area contributed by atoms with Crippen molar-refractivity contribution in [2.75, 3.05) is 0 Å². The summed E-state index contributed by atoms with van der Waals surface area (Å²) >= 11 is 5.91. The molecule has 0 N–H and O–H groups in total. The maximum Gasteiger partial charge on any atom is 0.144 e. The molecule has 3 heteroatoms. The Kier molecular flexibility index (Phi) is 1.17. The highest BCUT2D eigenvalue weighted by Gasteiger charge is 2.48. The molecule has 0 radical (unpaired) electrons. The van der Waals surface area contributed by atoms with E-state index in [1.54, 1.807) is 0 Å². The lowest BCUT2D eigenvalue weighted by Crippen LogP contribution is -2.33. The van der Waals surface area contributed by atoms with Gasteiger partial charge >= 0.3 is 0 Å². The van der Waals surface area contributed by atoms with Gasteiger partial charge in [-0.05, 0) is 0 Å². The summed E-state index contributed by atoms with van der Waals surface area (Å²) in [7, 11) is 0. The second-order valence-corrected chi connectivity index (χ2v) is 3.43. The highest BCUT2D eigenvalue weighted by molar-refractivity contribution is 6.32. The van der Waals surface area contributed by atoms with Crippen molar-refractivity contribution >= 4 is 17.9 Å². The molecule has 2 aliphatic rings. The number of hydrogen-bond acceptors (Lipinski definition) is 2. The minimum atomic E-state index is -0.764. The van der Waals surface area contributed by atoms with Crippen LogP contribution in [0.1, 0.15) is 6.42 Å². The summed E-state index contributed by atoms with van der Waals surface area (Å²) in [6.07, 6.45) is 5.11. The summed E-state index contributed by atoms with van der Waals surface area (Å²) in [6, 6.07) is 0. The first-order valence-corrected chi connectivity index (χ1v) is 3.61. The van der Waals surface area contributed by atoms with Crippen molar-refractivity contribution in [1.29, 1.82) is 0 Å². The minimum Gasteiger partial charge on any atom is -0.364 e. The maximum atomic E-state index is 10.5. The van der Waals surface area contributed by atoms with Crippen LogP contribution < -0.4 is 0 Å². The predicted molar refractivity (Wildman–Crippen MR) is 37.1 cm³/mol. The fourth-order valence-corrected chi connectivity index (χ4v) is 1.71. The number of hydrogen-bond donors (Lipinski definition) is 0. The second-order valence-electron chi connectivity index (χ2n) is 2.73. The maximum absolute atomic E-state index is 10.5. The molecule has 3 atom stereocenters. The number of carbonyl (C=O) groups is 1. The van der Waals surface area contributed by atoms with E-state index in [-0.39, 0.29) is 12.2 Å². The topological polar surface area (TPSA) is 26.3 Å². The number of fused-ring (bicyclic) bond motifs is 2. The lowest BCUT2D eigenvalue weighted by Gasteiger charge is -2.17. The molecular formula is C7H7ClO2. The molecule has 0 aliphatic carbocycles. The molecule has 0 aromatic carbocycles. The van der Waals surface area contributed by atoms with Crippen molar-refractivity contribution in [2.45, 2.75) is 23.5 Å². The number of halogens is 1. The van der Waals surface area contributed by atoms with Gasteiger partial charge in [-0.2, -0.15) is 0 Å². The van der Waals surface area contributed by atoms with Gasteiger partial charge < -0.3 is 9.53 Å². The van der Waals surface area contributed by atoms with Crippen molar-refractivity contribution in [3.8, 4) is 0 Å². The molecule has 1 fully saturated rings. The standard InChI is InChI=1S/C7H7ClO2/c8-7(4-9)3-5-1-2-6(7)10-5/h1-2,4-6H,3H2/t5-,6+,7-/m0/s1. The van der Waals surface area contributed by atoms with Gasteiger partial charge in [0.2, 0.25) is 0 Å². The van der Waals surface area contributed by atoms with Crippen LogP contribution in [-0.2, 0) is 9.53 Å². The van der Waals surface area contributed by atoms with E-state index in [0.29, 0.717) is 6.42 Å². The molecule has 0 aromatic rings. The monoisotopic (exact) mass is 158 g/mol. The summed E-state index contributed by atoms with van der Waals surface area (Å²) in [5.41, 5.74) is 0. The van der Waals surface area contributed by atoms with Crippen LogP contribution in [-0.4, -0.2) is 23.4 Å². The number of rotatable bonds is 1. The Balaban J connectivity index is 2.30. The van der Waals surface area contributed by atoms with Crippen molar-refractivity contribution < 1.29 is 9.53 Å². The van der Waals surface area contributed by atoms with E-state index >= 15 is 0 Å². The highest BCUT2D eigenvalue weighted by Crippen LogP contribution is 2.40. The van der Waals surface area contributed by atoms with E-state index in [4.69, 9.17) is 16.3 Å². The first-order chi connectivity index (χ1) is 4.74. The van der Waals surface area contributed by atoms with Gasteiger partial charge in [0.05, 0.1) is 6.10 Å². The average Bonchev–Trinajstić information content (AvgIpc) is 2.46. The van der Waals surface area contributed by atoms with E-state index < -0.39 is 4.87 Å². The first-order valence-electron chi connectivity index (χ1n) is 3.24. The molecule has 0 spiro atoms. The van der Waals surface area contributed by atoms with Gasteiger partial charge in [-0.1, -0.05) is 12.2 Å². The average molecular weight is 159 g/mol. The van der Waals surface area contributed by atoms with Crippen LogP contribution in [0.15, 0.2) is 12.2 Å². The molecule has 2 aliphatic heterocycles. The molecular weight excluding hydrogens is 152 g/mol. The third-order valence-electron chi connectivity index (χ3n) is 2.00. The van der Waals surface area contributed by atoms with Crippen LogP contribution in [0.5, 0.6) is 0 Å². The minimum absolute atomic E-state index is 0.0766. The molecule has 54 valence electrons. The number of alkyl halides is 1. The molecule has 10 heavy (non-hydrogen) atoms. The van der Waals surface area contributed by atoms with Crippen molar-refractivity contribution in [2.24, 2.45) is 0 Å². The molecule has 2 nitrogen and oxygen atoms in total. The van der Waals surface area contributed by atoms with Crippen molar-refractivity contribution in [3.05, 3.63) is 12.2 Å². The van der Waals surface area contributed by atoms with E-state index in [9.17, 15) is 4.79 Å². The molecule has 0 aromatic heterocycles. The Labute approximate surface area is 63.8 Å². The Morgan fingerprint density at radius 3 is 2.80 bits per heavy atom. The van der Waals surface area contributed by atoms with E-state index in [1.165, 1.54) is 0 Å². The van der Waals surface area contributed by atoms with Crippen LogP contribution in [0.25, 0.3) is 0 Å². The zero-order chi connectivity index (χ0) is 7.19. The SMILES string of the molecule is O=C[C@@]1(Cl)C[C@@H]2C=C[C@H]1O2. The van der Waals surface area contributed by atoms with Crippen LogP contribution in [0, 0.1) is 0 Å². The molecule has 0 unspecified atom stereocenters. The molecule has 2 heterocycles. The Bertz CT molecular complexity index is 202. The lowest BCUT2D eigenvalue weighted by atomic mass is 9.95. The predicted octanol–water partition coefficient (Wildman–Crippen LogP) is 0.890. The third-order valence-corrected chi connectivity index (χ3v) is 2.46. The van der Waals surface area contributed by atoms with Gasteiger partial charge in [-0.25, -0.2) is 0 Å². The fourth-order valence-electron chi connectivity index (χ4n) is 1.43. The summed E-state index contributed by atoms with van der Waals surface area (Å²) in [6.45, 7) is 0. The first kappa shape index (κ1) is 6.38. The quantitative estimate of drug-likeness (QED) is 0.322. The number of carbonyl (C=O) groups excluding carboxylic acids is 1. The smallest absolute Gasteiger partial charge is 0.144 e. The second kappa shape index (κ2) is 1.83. The number of aldehydes is 1. The van der Waals surface area contributed by atoms with Crippen LogP contribution >= 0.6 is 11.6 Å². The van der Waals surface area contributed by atoms with Gasteiger partial charge in [-0.3, -0.25) is 0 Å². The molecule has 0 saturated carbocycles. The van der Waals surface area contributed by atoms with Gasteiger partial charge in [0.1, 0.15) is 17.3 Å². The highest BCUT2D eigenvalue weighted by atomic mass is 35.5. The summed E-state index contributed by atoms with van der Waals surface area (Å²) in [4.78, 5) is 9.71. The van der Waals surface area contributed by atoms with Gasteiger partial charge in [-0.15, -0.1) is 11.6 Å². The van der Waals surface area contributed by atoms with Crippen molar-refractivity contribution in [3.63, 3.8) is 0 Å². The van der Waals surface area contributed by atoms with E-state index in [2.05, 4.69) is 0 Å². The third kappa shape index (κ3) is 0.662. The van der Waals surface area contributed by atoms with E-state index in [0.717, 1.165) is 6.29 Å². The Morgan fingerprint density at radius 2 is 2.50 bits per heavy atom. The van der Waals surface area contributed by atoms with Gasteiger partial charge in [0, 0.05) is 6.42 Å². The number of ether oxygens (including phenoxy) is 1. The Hall–Kier alpha value is -0.340. The Morgan fingerprint density at radius 1 is 1.70 bits per heavy atom. The van der Waals surface area contributed by atoms with Gasteiger partial charge in [0.15, 0.2) is 0 Å². The molecule has 2 bridgehead atoms. The molecule has 0 amide bonds. The van der Waals surface area contributed by atoms with E-state index in [1.807, 2.05) is 12.2 Å². The molecule has 2 rings (SSSR count). The van der Waals surface area contributed by atoms with Crippen molar-refractivity contribution in [1.82, 2.24) is 0 Å². The van der Waals surface area contributed by atoms with Crippen LogP contribution in [0.2, 0.25) is 0 Å². The fraction of sp³-hybridized carbons (Fsp3) is 0.571. The van der Waals surface area contributed by atoms with Crippen LogP contribution in [0.3, 0.4) is 0 Å². The van der Waals surface area contributed by atoms with Gasteiger partial charge in [0.25, 0.3) is 0 Å². The zero-order valence-electron chi connectivity index (χ0n) is 5.29. The zero-order valence-corrected chi connectivity index (χ0v) is 6.04.